The molecule has 0 unspecified atom stereocenters. The van der Waals surface area contributed by atoms with Gasteiger partial charge in [0.2, 0.25) is 0 Å². The number of likely N-dealkylation sites (N-methyl/N-ethyl adjacent to an activating group) is 1. The fourth-order valence-electron chi connectivity index (χ4n) is 3.81. The van der Waals surface area contributed by atoms with Crippen LogP contribution in [0.15, 0.2) is 72.8 Å². The molecule has 180 valence electrons. The van der Waals surface area contributed by atoms with Gasteiger partial charge in [-0.05, 0) is 51.0 Å². The highest BCUT2D eigenvalue weighted by Crippen LogP contribution is 2.25. The molecule has 1 saturated heterocycles. The van der Waals surface area contributed by atoms with E-state index >= 15 is 0 Å². The van der Waals surface area contributed by atoms with Gasteiger partial charge in [-0.2, -0.15) is 15.0 Å². The SMILES string of the molecule is C=C/C=C(\C=C(/C)C(=O)N(C)OC)O[C@@H]1CC[C@@H](C)N(C(=O)c2ccccc2-n2nccn2)C1. The van der Waals surface area contributed by atoms with Crippen LogP contribution in [0.5, 0.6) is 0 Å². The Hall–Kier alpha value is -3.72. The summed E-state index contributed by atoms with van der Waals surface area (Å²) in [5.41, 5.74) is 1.60. The number of piperidine rings is 1. The van der Waals surface area contributed by atoms with E-state index in [0.717, 1.165) is 17.9 Å². The number of hydrogen-bond acceptors (Lipinski definition) is 6. The molecule has 0 spiro atoms. The zero-order valence-electron chi connectivity index (χ0n) is 20.0. The largest absolute Gasteiger partial charge is 0.489 e. The molecule has 1 aliphatic rings. The predicted octanol–water partition coefficient (Wildman–Crippen LogP) is 3.31. The Morgan fingerprint density at radius 3 is 2.59 bits per heavy atom. The molecule has 1 aliphatic heterocycles. The van der Waals surface area contributed by atoms with E-state index in [-0.39, 0.29) is 24.0 Å². The second kappa shape index (κ2) is 11.4. The van der Waals surface area contributed by atoms with Gasteiger partial charge < -0.3 is 9.64 Å². The topological polar surface area (TPSA) is 89.8 Å². The summed E-state index contributed by atoms with van der Waals surface area (Å²) in [5.74, 6) is 0.115. The molecule has 1 fully saturated rings. The Labute approximate surface area is 199 Å². The van der Waals surface area contributed by atoms with Crippen LogP contribution in [0.4, 0.5) is 0 Å². The van der Waals surface area contributed by atoms with Crippen molar-refractivity contribution >= 4 is 11.8 Å². The molecular formula is C25H31N5O4. The summed E-state index contributed by atoms with van der Waals surface area (Å²) in [6, 6.07) is 7.33. The van der Waals surface area contributed by atoms with Crippen LogP contribution in [-0.2, 0) is 14.4 Å². The number of aromatic nitrogens is 3. The number of nitrogens with zero attached hydrogens (tertiary/aromatic N) is 5. The lowest BCUT2D eigenvalue weighted by atomic mass is 9.99. The lowest BCUT2D eigenvalue weighted by Crippen LogP contribution is -2.48. The maximum atomic E-state index is 13.6. The number of para-hydroxylation sites is 1. The molecule has 1 aromatic carbocycles. The van der Waals surface area contributed by atoms with Gasteiger partial charge in [0, 0.05) is 18.7 Å². The fourth-order valence-corrected chi connectivity index (χ4v) is 3.81. The highest BCUT2D eigenvalue weighted by Gasteiger charge is 2.32. The molecule has 2 amide bonds. The van der Waals surface area contributed by atoms with E-state index in [0.29, 0.717) is 29.1 Å². The lowest BCUT2D eigenvalue weighted by Gasteiger charge is -2.38. The first-order valence-electron chi connectivity index (χ1n) is 11.1. The Morgan fingerprint density at radius 1 is 1.21 bits per heavy atom. The van der Waals surface area contributed by atoms with Gasteiger partial charge in [0.15, 0.2) is 0 Å². The van der Waals surface area contributed by atoms with Crippen molar-refractivity contribution in [1.82, 2.24) is 25.0 Å². The zero-order chi connectivity index (χ0) is 24.7. The number of allylic oxidation sites excluding steroid dienone is 3. The zero-order valence-corrected chi connectivity index (χ0v) is 20.0. The van der Waals surface area contributed by atoms with Gasteiger partial charge in [0.05, 0.1) is 37.3 Å². The highest BCUT2D eigenvalue weighted by atomic mass is 16.7. The monoisotopic (exact) mass is 465 g/mol. The molecule has 9 nitrogen and oxygen atoms in total. The first-order valence-corrected chi connectivity index (χ1v) is 11.1. The van der Waals surface area contributed by atoms with Gasteiger partial charge in [0.25, 0.3) is 11.8 Å². The molecule has 2 atom stereocenters. The van der Waals surface area contributed by atoms with Gasteiger partial charge in [-0.25, -0.2) is 5.06 Å². The Balaban J connectivity index is 1.79. The molecule has 9 heteroatoms. The third-order valence-corrected chi connectivity index (χ3v) is 5.71. The van der Waals surface area contributed by atoms with E-state index < -0.39 is 0 Å². The summed E-state index contributed by atoms with van der Waals surface area (Å²) >= 11 is 0. The van der Waals surface area contributed by atoms with Gasteiger partial charge in [0.1, 0.15) is 11.9 Å². The summed E-state index contributed by atoms with van der Waals surface area (Å²) < 4.78 is 6.21. The van der Waals surface area contributed by atoms with E-state index in [1.165, 1.54) is 11.9 Å². The number of carbonyl (C=O) groups is 2. The van der Waals surface area contributed by atoms with Crippen LogP contribution in [0.2, 0.25) is 0 Å². The third-order valence-electron chi connectivity index (χ3n) is 5.71. The number of amides is 2. The second-order valence-electron chi connectivity index (χ2n) is 8.08. The van der Waals surface area contributed by atoms with Crippen LogP contribution in [-0.4, -0.2) is 69.6 Å². The smallest absolute Gasteiger partial charge is 0.272 e. The molecule has 2 heterocycles. The molecule has 3 rings (SSSR count). The Morgan fingerprint density at radius 2 is 1.91 bits per heavy atom. The number of hydroxylamine groups is 2. The molecule has 0 aliphatic carbocycles. The van der Waals surface area contributed by atoms with E-state index in [4.69, 9.17) is 9.57 Å². The number of carbonyl (C=O) groups excluding carboxylic acids is 2. The third kappa shape index (κ3) is 5.79. The minimum absolute atomic E-state index is 0.0482. The molecule has 0 saturated carbocycles. The normalized spacial score (nSPS) is 19.0. The quantitative estimate of drug-likeness (QED) is 0.257. The fraction of sp³-hybridized carbons (Fsp3) is 0.360. The van der Waals surface area contributed by atoms with Crippen molar-refractivity contribution in [2.75, 3.05) is 20.7 Å². The average Bonchev–Trinajstić information content (AvgIpc) is 3.38. The van der Waals surface area contributed by atoms with E-state index in [9.17, 15) is 9.59 Å². The summed E-state index contributed by atoms with van der Waals surface area (Å²) in [4.78, 5) is 34.1. The van der Waals surface area contributed by atoms with Crippen LogP contribution in [0.3, 0.4) is 0 Å². The number of rotatable bonds is 8. The molecule has 0 radical (unpaired) electrons. The molecule has 1 aromatic heterocycles. The number of likely N-dealkylation sites (tertiary alicyclic amines) is 1. The van der Waals surface area contributed by atoms with Crippen LogP contribution in [0.25, 0.3) is 5.69 Å². The van der Waals surface area contributed by atoms with Crippen LogP contribution in [0, 0.1) is 0 Å². The predicted molar refractivity (Wildman–Crippen MR) is 128 cm³/mol. The van der Waals surface area contributed by atoms with Crippen molar-refractivity contribution in [3.05, 3.63) is 78.4 Å². The van der Waals surface area contributed by atoms with E-state index in [1.54, 1.807) is 50.7 Å². The number of hydrogen-bond donors (Lipinski definition) is 0. The van der Waals surface area contributed by atoms with Crippen molar-refractivity contribution < 1.29 is 19.2 Å². The number of ether oxygens (including phenoxy) is 1. The van der Waals surface area contributed by atoms with Crippen LogP contribution in [0.1, 0.15) is 37.0 Å². The van der Waals surface area contributed by atoms with Crippen molar-refractivity contribution in [3.8, 4) is 5.69 Å². The number of benzene rings is 1. The van der Waals surface area contributed by atoms with Gasteiger partial charge in [-0.3, -0.25) is 14.4 Å². The molecule has 0 N–H and O–H groups in total. The summed E-state index contributed by atoms with van der Waals surface area (Å²) in [5, 5.41) is 9.50. The summed E-state index contributed by atoms with van der Waals surface area (Å²) in [6.07, 6.45) is 9.44. The van der Waals surface area contributed by atoms with Crippen molar-refractivity contribution in [3.63, 3.8) is 0 Å². The average molecular weight is 466 g/mol. The van der Waals surface area contributed by atoms with Crippen molar-refractivity contribution in [2.24, 2.45) is 0 Å². The minimum atomic E-state index is -0.279. The van der Waals surface area contributed by atoms with Crippen LogP contribution >= 0.6 is 0 Å². The Kier molecular flexibility index (Phi) is 8.37. The molecular weight excluding hydrogens is 434 g/mol. The van der Waals surface area contributed by atoms with Gasteiger partial charge >= 0.3 is 0 Å². The van der Waals surface area contributed by atoms with Gasteiger partial charge in [-0.15, -0.1) is 0 Å². The molecule has 2 aromatic rings. The lowest BCUT2D eigenvalue weighted by molar-refractivity contribution is -0.163. The molecule has 34 heavy (non-hydrogen) atoms. The summed E-state index contributed by atoms with van der Waals surface area (Å²) in [6.45, 7) is 7.88. The van der Waals surface area contributed by atoms with E-state index in [2.05, 4.69) is 16.8 Å². The maximum Gasteiger partial charge on any atom is 0.272 e. The van der Waals surface area contributed by atoms with Crippen molar-refractivity contribution in [2.45, 2.75) is 38.8 Å². The minimum Gasteiger partial charge on any atom is -0.489 e. The first kappa shape index (κ1) is 24.9. The first-order chi connectivity index (χ1) is 16.3. The Bertz CT molecular complexity index is 1080. The standard InChI is InChI=1S/C25H31N5O4/c1-6-9-20(16-18(2)24(31)28(4)33-5)34-21-13-12-19(3)29(17-21)25(32)22-10-7-8-11-23(22)30-26-14-15-27-30/h6-11,14-16,19,21H,1,12-13,17H2,2-5H3/b18-16+,20-9+/t19-,21-/m1/s1. The maximum absolute atomic E-state index is 13.6. The van der Waals surface area contributed by atoms with Crippen LogP contribution < -0.4 is 0 Å². The highest BCUT2D eigenvalue weighted by molar-refractivity contribution is 5.98. The van der Waals surface area contributed by atoms with E-state index in [1.807, 2.05) is 30.0 Å². The molecule has 0 bridgehead atoms. The second-order valence-corrected chi connectivity index (χ2v) is 8.08. The van der Waals surface area contributed by atoms with Gasteiger partial charge in [-0.1, -0.05) is 24.8 Å². The van der Waals surface area contributed by atoms with Crippen molar-refractivity contribution in [1.29, 1.82) is 0 Å². The summed E-state index contributed by atoms with van der Waals surface area (Å²) in [7, 11) is 2.97.